The summed E-state index contributed by atoms with van der Waals surface area (Å²) in [7, 11) is 1.60. The van der Waals surface area contributed by atoms with Crippen LogP contribution in [0.3, 0.4) is 0 Å². The summed E-state index contributed by atoms with van der Waals surface area (Å²) in [6.45, 7) is 0.656. The van der Waals surface area contributed by atoms with Crippen molar-refractivity contribution in [3.8, 4) is 0 Å². The van der Waals surface area contributed by atoms with Gasteiger partial charge in [-0.2, -0.15) is 0 Å². The van der Waals surface area contributed by atoms with Gasteiger partial charge in [0.15, 0.2) is 0 Å². The second-order valence-electron chi connectivity index (χ2n) is 5.26. The summed E-state index contributed by atoms with van der Waals surface area (Å²) in [4.78, 5) is 23.1. The lowest BCUT2D eigenvalue weighted by Crippen LogP contribution is -2.37. The van der Waals surface area contributed by atoms with Gasteiger partial charge in [-0.05, 0) is 23.3 Å². The number of carbonyl (C=O) groups is 2. The minimum atomic E-state index is -0.493. The SMILES string of the molecule is COC(CNC(=O)NCc1cccc(C(N)=O)c1)c1ccccc1. The number of nitrogens with one attached hydrogen (secondary N) is 2. The third-order valence-electron chi connectivity index (χ3n) is 3.57. The van der Waals surface area contributed by atoms with E-state index in [1.807, 2.05) is 36.4 Å². The Bertz CT molecular complexity index is 689. The van der Waals surface area contributed by atoms with E-state index in [2.05, 4.69) is 10.6 Å². The lowest BCUT2D eigenvalue weighted by atomic mass is 10.1. The lowest BCUT2D eigenvalue weighted by molar-refractivity contribution is 0.1000. The third-order valence-corrected chi connectivity index (χ3v) is 3.57. The highest BCUT2D eigenvalue weighted by atomic mass is 16.5. The van der Waals surface area contributed by atoms with E-state index in [9.17, 15) is 9.59 Å². The molecule has 0 aliphatic rings. The molecule has 3 amide bonds. The van der Waals surface area contributed by atoms with E-state index in [4.69, 9.17) is 10.5 Å². The second kappa shape index (κ2) is 8.69. The molecule has 2 aromatic rings. The highest BCUT2D eigenvalue weighted by molar-refractivity contribution is 5.92. The Hall–Kier alpha value is -2.86. The van der Waals surface area contributed by atoms with Gasteiger partial charge < -0.3 is 21.1 Å². The number of carbonyl (C=O) groups excluding carboxylic acids is 2. The van der Waals surface area contributed by atoms with Crippen molar-refractivity contribution in [1.29, 1.82) is 0 Å². The summed E-state index contributed by atoms with van der Waals surface area (Å²) in [5, 5.41) is 5.51. The lowest BCUT2D eigenvalue weighted by Gasteiger charge is -2.17. The molecule has 0 fully saturated rings. The van der Waals surface area contributed by atoms with Crippen LogP contribution in [-0.4, -0.2) is 25.6 Å². The fourth-order valence-corrected chi connectivity index (χ4v) is 2.27. The average molecular weight is 327 g/mol. The Morgan fingerprint density at radius 1 is 1.08 bits per heavy atom. The van der Waals surface area contributed by atoms with E-state index in [0.29, 0.717) is 18.7 Å². The predicted octanol–water partition coefficient (Wildman–Crippen LogP) is 1.97. The molecule has 6 nitrogen and oxygen atoms in total. The first-order valence-corrected chi connectivity index (χ1v) is 7.58. The molecule has 0 saturated carbocycles. The second-order valence-corrected chi connectivity index (χ2v) is 5.26. The van der Waals surface area contributed by atoms with Gasteiger partial charge in [-0.25, -0.2) is 4.79 Å². The largest absolute Gasteiger partial charge is 0.375 e. The Kier molecular flexibility index (Phi) is 6.33. The Labute approximate surface area is 141 Å². The smallest absolute Gasteiger partial charge is 0.315 e. The van der Waals surface area contributed by atoms with Crippen molar-refractivity contribution in [3.63, 3.8) is 0 Å². The van der Waals surface area contributed by atoms with Crippen molar-refractivity contribution in [3.05, 3.63) is 71.3 Å². The van der Waals surface area contributed by atoms with Crippen LogP contribution in [0.2, 0.25) is 0 Å². The van der Waals surface area contributed by atoms with E-state index in [0.717, 1.165) is 11.1 Å². The van der Waals surface area contributed by atoms with Crippen molar-refractivity contribution < 1.29 is 14.3 Å². The van der Waals surface area contributed by atoms with Crippen molar-refractivity contribution >= 4 is 11.9 Å². The van der Waals surface area contributed by atoms with Crippen molar-refractivity contribution in [2.75, 3.05) is 13.7 Å². The number of hydrogen-bond acceptors (Lipinski definition) is 3. The van der Waals surface area contributed by atoms with Gasteiger partial charge in [0.2, 0.25) is 5.91 Å². The third kappa shape index (κ3) is 5.10. The summed E-state index contributed by atoms with van der Waals surface area (Å²) in [5.41, 5.74) is 7.45. The highest BCUT2D eigenvalue weighted by Crippen LogP contribution is 2.14. The number of rotatable bonds is 7. The molecule has 0 heterocycles. The van der Waals surface area contributed by atoms with E-state index in [-0.39, 0.29) is 12.1 Å². The zero-order valence-corrected chi connectivity index (χ0v) is 13.5. The van der Waals surface area contributed by atoms with Gasteiger partial charge in [-0.3, -0.25) is 4.79 Å². The van der Waals surface area contributed by atoms with Crippen molar-refractivity contribution in [2.45, 2.75) is 12.6 Å². The number of primary amides is 1. The zero-order valence-electron chi connectivity index (χ0n) is 13.5. The maximum atomic E-state index is 11.9. The zero-order chi connectivity index (χ0) is 17.4. The number of methoxy groups -OCH3 is 1. The van der Waals surface area contributed by atoms with Crippen LogP contribution in [0, 0.1) is 0 Å². The van der Waals surface area contributed by atoms with Crippen LogP contribution in [0.15, 0.2) is 54.6 Å². The molecular formula is C18H21N3O3. The predicted molar refractivity (Wildman–Crippen MR) is 91.4 cm³/mol. The van der Waals surface area contributed by atoms with Crippen molar-refractivity contribution in [1.82, 2.24) is 10.6 Å². The van der Waals surface area contributed by atoms with Gasteiger partial charge in [-0.15, -0.1) is 0 Å². The molecular weight excluding hydrogens is 306 g/mol. The molecule has 6 heteroatoms. The molecule has 1 unspecified atom stereocenters. The summed E-state index contributed by atoms with van der Waals surface area (Å²) in [6, 6.07) is 16.2. The Balaban J connectivity index is 1.83. The van der Waals surface area contributed by atoms with E-state index < -0.39 is 5.91 Å². The maximum absolute atomic E-state index is 11.9. The molecule has 0 saturated heterocycles. The molecule has 0 aliphatic heterocycles. The number of ether oxygens (including phenoxy) is 1. The van der Waals surface area contributed by atoms with Crippen LogP contribution in [0.1, 0.15) is 27.6 Å². The van der Waals surface area contributed by atoms with E-state index in [1.165, 1.54) is 0 Å². The van der Waals surface area contributed by atoms with Crippen LogP contribution in [0.5, 0.6) is 0 Å². The van der Waals surface area contributed by atoms with Gasteiger partial charge in [-0.1, -0.05) is 42.5 Å². The number of hydrogen-bond donors (Lipinski definition) is 3. The fourth-order valence-electron chi connectivity index (χ4n) is 2.27. The standard InChI is InChI=1S/C18H21N3O3/c1-24-16(14-7-3-2-4-8-14)12-21-18(23)20-11-13-6-5-9-15(10-13)17(19)22/h2-10,16H,11-12H2,1H3,(H2,19,22)(H2,20,21,23). The minimum absolute atomic E-state index is 0.213. The first kappa shape index (κ1) is 17.5. The molecule has 24 heavy (non-hydrogen) atoms. The monoisotopic (exact) mass is 327 g/mol. The van der Waals surface area contributed by atoms with Gasteiger partial charge in [0.1, 0.15) is 0 Å². The van der Waals surface area contributed by atoms with E-state index >= 15 is 0 Å². The number of amides is 3. The summed E-state index contributed by atoms with van der Waals surface area (Å²) >= 11 is 0. The summed E-state index contributed by atoms with van der Waals surface area (Å²) < 4.78 is 5.40. The van der Waals surface area contributed by atoms with Crippen molar-refractivity contribution in [2.24, 2.45) is 5.73 Å². The molecule has 1 atom stereocenters. The van der Waals surface area contributed by atoms with Gasteiger partial charge >= 0.3 is 6.03 Å². The van der Waals surface area contributed by atoms with Gasteiger partial charge in [0.05, 0.1) is 6.10 Å². The molecule has 126 valence electrons. The minimum Gasteiger partial charge on any atom is -0.375 e. The maximum Gasteiger partial charge on any atom is 0.315 e. The van der Waals surface area contributed by atoms with Crippen LogP contribution < -0.4 is 16.4 Å². The van der Waals surface area contributed by atoms with Crippen LogP contribution >= 0.6 is 0 Å². The normalized spacial score (nSPS) is 11.5. The molecule has 2 rings (SSSR count). The Morgan fingerprint density at radius 2 is 1.83 bits per heavy atom. The molecule has 0 spiro atoms. The number of nitrogens with two attached hydrogens (primary N) is 1. The van der Waals surface area contributed by atoms with E-state index in [1.54, 1.807) is 25.3 Å². The molecule has 2 aromatic carbocycles. The quantitative estimate of drug-likeness (QED) is 0.726. The number of benzene rings is 2. The van der Waals surface area contributed by atoms with Crippen LogP contribution in [0.25, 0.3) is 0 Å². The molecule has 0 aliphatic carbocycles. The summed E-state index contributed by atoms with van der Waals surface area (Å²) in [5.74, 6) is -0.493. The van der Waals surface area contributed by atoms with Crippen LogP contribution in [-0.2, 0) is 11.3 Å². The average Bonchev–Trinajstić information content (AvgIpc) is 2.61. The summed E-state index contributed by atoms with van der Waals surface area (Å²) in [6.07, 6.45) is -0.213. The Morgan fingerprint density at radius 3 is 2.50 bits per heavy atom. The number of urea groups is 1. The highest BCUT2D eigenvalue weighted by Gasteiger charge is 2.11. The molecule has 0 bridgehead atoms. The first-order chi connectivity index (χ1) is 11.6. The van der Waals surface area contributed by atoms with Gasteiger partial charge in [0.25, 0.3) is 0 Å². The topological polar surface area (TPSA) is 93.4 Å². The first-order valence-electron chi connectivity index (χ1n) is 7.58. The van der Waals surface area contributed by atoms with Crippen LogP contribution in [0.4, 0.5) is 4.79 Å². The van der Waals surface area contributed by atoms with Gasteiger partial charge in [0, 0.05) is 25.8 Å². The molecule has 4 N–H and O–H groups in total. The molecule has 0 radical (unpaired) electrons. The fraction of sp³-hybridized carbons (Fsp3) is 0.222. The molecule has 0 aromatic heterocycles.